The molecule has 2 aromatic carbocycles. The van der Waals surface area contributed by atoms with Gasteiger partial charge in [-0.05, 0) is 30.0 Å². The van der Waals surface area contributed by atoms with Crippen LogP contribution < -0.4 is 10.3 Å². The van der Waals surface area contributed by atoms with Crippen LogP contribution in [0.3, 0.4) is 0 Å². The molecule has 1 aliphatic heterocycles. The van der Waals surface area contributed by atoms with E-state index in [0.717, 1.165) is 22.6 Å². The number of carbonyl (C=O) groups excluding carboxylic acids is 4. The van der Waals surface area contributed by atoms with Crippen molar-refractivity contribution in [1.82, 2.24) is 10.4 Å². The Morgan fingerprint density at radius 2 is 1.74 bits per heavy atom. The third kappa shape index (κ3) is 6.68. The van der Waals surface area contributed by atoms with Gasteiger partial charge in [0.15, 0.2) is 0 Å². The first-order chi connectivity index (χ1) is 16.8. The van der Waals surface area contributed by atoms with Crippen LogP contribution in [0.5, 0.6) is 0 Å². The topological polar surface area (TPSA) is 96.0 Å². The smallest absolute Gasteiger partial charge is 0.329 e. The summed E-state index contributed by atoms with van der Waals surface area (Å²) in [6, 6.07) is 15.6. The van der Waals surface area contributed by atoms with Crippen molar-refractivity contribution < 1.29 is 23.9 Å². The number of hydrogen-bond donors (Lipinski definition) is 1. The number of hydrogen-bond acceptors (Lipinski definition) is 5. The quantitative estimate of drug-likeness (QED) is 0.441. The lowest BCUT2D eigenvalue weighted by atomic mass is 10.0. The highest BCUT2D eigenvalue weighted by molar-refractivity contribution is 6.04. The van der Waals surface area contributed by atoms with Gasteiger partial charge < -0.3 is 4.74 Å². The van der Waals surface area contributed by atoms with Gasteiger partial charge in [-0.25, -0.2) is 9.80 Å². The standard InChI is InChI=1S/C27H33N3O5/c1-4-19(3)15-25(32)29(28-24(31)16-20-11-7-6-8-12-20)18-26(33)30-22-14-10-9-13-21(22)17-23(30)27(34)35-5-2/h6-14,19,23H,4-5,15-18H2,1-3H3,(H,28,31). The number of hydrazine groups is 1. The number of rotatable bonds is 9. The second-order valence-electron chi connectivity index (χ2n) is 8.76. The maximum absolute atomic E-state index is 13.5. The van der Waals surface area contributed by atoms with Gasteiger partial charge in [0, 0.05) is 18.5 Å². The van der Waals surface area contributed by atoms with E-state index in [2.05, 4.69) is 5.43 Å². The Labute approximate surface area is 206 Å². The third-order valence-electron chi connectivity index (χ3n) is 6.09. The monoisotopic (exact) mass is 479 g/mol. The predicted molar refractivity (Wildman–Crippen MR) is 132 cm³/mol. The summed E-state index contributed by atoms with van der Waals surface area (Å²) in [5.41, 5.74) is 4.88. The van der Waals surface area contributed by atoms with Gasteiger partial charge in [-0.2, -0.15) is 0 Å². The lowest BCUT2D eigenvalue weighted by molar-refractivity contribution is -0.147. The molecule has 0 aliphatic carbocycles. The van der Waals surface area contributed by atoms with Crippen LogP contribution >= 0.6 is 0 Å². The first-order valence-electron chi connectivity index (χ1n) is 12.0. The van der Waals surface area contributed by atoms with Crippen LogP contribution in [0.1, 0.15) is 44.7 Å². The van der Waals surface area contributed by atoms with Crippen molar-refractivity contribution in [3.05, 3.63) is 65.7 Å². The van der Waals surface area contributed by atoms with Crippen molar-refractivity contribution in [2.75, 3.05) is 18.1 Å². The maximum atomic E-state index is 13.5. The fourth-order valence-corrected chi connectivity index (χ4v) is 4.05. The fraction of sp³-hybridized carbons (Fsp3) is 0.407. The van der Waals surface area contributed by atoms with Crippen molar-refractivity contribution >= 4 is 29.4 Å². The number of nitrogens with zero attached hydrogens (tertiary/aromatic N) is 2. The van der Waals surface area contributed by atoms with E-state index < -0.39 is 23.8 Å². The predicted octanol–water partition coefficient (Wildman–Crippen LogP) is 3.05. The average Bonchev–Trinajstić information content (AvgIpc) is 3.24. The second kappa shape index (κ2) is 12.1. The van der Waals surface area contributed by atoms with Crippen molar-refractivity contribution in [3.63, 3.8) is 0 Å². The number of benzene rings is 2. The Morgan fingerprint density at radius 1 is 1.06 bits per heavy atom. The summed E-state index contributed by atoms with van der Waals surface area (Å²) >= 11 is 0. The molecular weight excluding hydrogens is 446 g/mol. The van der Waals surface area contributed by atoms with Crippen LogP contribution in [0.4, 0.5) is 5.69 Å². The molecule has 0 saturated carbocycles. The Morgan fingerprint density at radius 3 is 2.43 bits per heavy atom. The summed E-state index contributed by atoms with van der Waals surface area (Å²) < 4.78 is 5.20. The van der Waals surface area contributed by atoms with Gasteiger partial charge in [0.25, 0.3) is 0 Å². The van der Waals surface area contributed by atoms with Crippen LogP contribution in [0.15, 0.2) is 54.6 Å². The van der Waals surface area contributed by atoms with Gasteiger partial charge in [0.05, 0.1) is 13.0 Å². The Bertz CT molecular complexity index is 1060. The van der Waals surface area contributed by atoms with Gasteiger partial charge in [0.1, 0.15) is 12.6 Å². The number of esters is 1. The normalized spacial score (nSPS) is 15.2. The van der Waals surface area contributed by atoms with E-state index in [1.165, 1.54) is 4.90 Å². The molecule has 2 unspecified atom stereocenters. The van der Waals surface area contributed by atoms with E-state index in [4.69, 9.17) is 4.74 Å². The van der Waals surface area contributed by atoms with Gasteiger partial charge in [0.2, 0.25) is 17.7 Å². The van der Waals surface area contributed by atoms with E-state index in [0.29, 0.717) is 12.1 Å². The summed E-state index contributed by atoms with van der Waals surface area (Å²) in [7, 11) is 0. The van der Waals surface area contributed by atoms with Crippen LogP contribution in [-0.4, -0.2) is 47.9 Å². The number of fused-ring (bicyclic) bond motifs is 1. The molecule has 3 rings (SSSR count). The number of ether oxygens (including phenoxy) is 1. The molecule has 0 bridgehead atoms. The number of carbonyl (C=O) groups is 4. The molecule has 2 atom stereocenters. The molecule has 1 aliphatic rings. The summed E-state index contributed by atoms with van der Waals surface area (Å²) in [5.74, 6) is -1.63. The van der Waals surface area contributed by atoms with E-state index in [-0.39, 0.29) is 37.8 Å². The van der Waals surface area contributed by atoms with Crippen molar-refractivity contribution in [1.29, 1.82) is 0 Å². The average molecular weight is 480 g/mol. The minimum Gasteiger partial charge on any atom is -0.464 e. The van der Waals surface area contributed by atoms with Crippen LogP contribution in [0.25, 0.3) is 0 Å². The van der Waals surface area contributed by atoms with Gasteiger partial charge in [-0.15, -0.1) is 0 Å². The van der Waals surface area contributed by atoms with E-state index in [9.17, 15) is 19.2 Å². The van der Waals surface area contributed by atoms with E-state index >= 15 is 0 Å². The summed E-state index contributed by atoms with van der Waals surface area (Å²) in [4.78, 5) is 53.3. The zero-order valence-electron chi connectivity index (χ0n) is 20.5. The Hall–Kier alpha value is -3.68. The minimum absolute atomic E-state index is 0.0696. The molecule has 0 fully saturated rings. The number of nitrogens with one attached hydrogen (secondary N) is 1. The maximum Gasteiger partial charge on any atom is 0.329 e. The highest BCUT2D eigenvalue weighted by Crippen LogP contribution is 2.32. The number of para-hydroxylation sites is 1. The summed E-state index contributed by atoms with van der Waals surface area (Å²) in [5, 5.41) is 1.09. The second-order valence-corrected chi connectivity index (χ2v) is 8.76. The van der Waals surface area contributed by atoms with Crippen molar-refractivity contribution in [2.45, 2.75) is 52.5 Å². The highest BCUT2D eigenvalue weighted by atomic mass is 16.5. The van der Waals surface area contributed by atoms with Gasteiger partial charge in [-0.3, -0.25) is 24.7 Å². The molecule has 0 radical (unpaired) electrons. The molecule has 1 heterocycles. The third-order valence-corrected chi connectivity index (χ3v) is 6.09. The van der Waals surface area contributed by atoms with Gasteiger partial charge in [-0.1, -0.05) is 68.8 Å². The Kier molecular flexibility index (Phi) is 9.00. The van der Waals surface area contributed by atoms with E-state index in [1.807, 2.05) is 56.3 Å². The number of amides is 3. The lowest BCUT2D eigenvalue weighted by Crippen LogP contribution is -2.54. The van der Waals surface area contributed by atoms with Crippen molar-refractivity contribution in [2.24, 2.45) is 5.92 Å². The summed E-state index contributed by atoms with van der Waals surface area (Å²) in [6.07, 6.45) is 1.38. The number of anilines is 1. The molecule has 0 saturated heterocycles. The molecule has 0 spiro atoms. The largest absolute Gasteiger partial charge is 0.464 e. The molecule has 3 amide bonds. The van der Waals surface area contributed by atoms with Crippen LogP contribution in [-0.2, 0) is 36.8 Å². The molecular formula is C27H33N3O5. The zero-order chi connectivity index (χ0) is 25.4. The fourth-order valence-electron chi connectivity index (χ4n) is 4.05. The first-order valence-corrected chi connectivity index (χ1v) is 12.0. The Balaban J connectivity index is 1.81. The summed E-state index contributed by atoms with van der Waals surface area (Å²) in [6.45, 7) is 5.44. The highest BCUT2D eigenvalue weighted by Gasteiger charge is 2.40. The minimum atomic E-state index is -0.814. The lowest BCUT2D eigenvalue weighted by Gasteiger charge is -2.29. The molecule has 8 heteroatoms. The molecule has 1 N–H and O–H groups in total. The SMILES string of the molecule is CCOC(=O)C1Cc2ccccc2N1C(=O)CN(NC(=O)Cc1ccccc1)C(=O)CC(C)CC. The van der Waals surface area contributed by atoms with Gasteiger partial charge >= 0.3 is 5.97 Å². The molecule has 186 valence electrons. The molecule has 35 heavy (non-hydrogen) atoms. The molecule has 0 aromatic heterocycles. The van der Waals surface area contributed by atoms with Crippen LogP contribution in [0.2, 0.25) is 0 Å². The molecule has 2 aromatic rings. The zero-order valence-corrected chi connectivity index (χ0v) is 20.5. The van der Waals surface area contributed by atoms with Crippen LogP contribution in [0, 0.1) is 5.92 Å². The van der Waals surface area contributed by atoms with Crippen molar-refractivity contribution in [3.8, 4) is 0 Å². The molecule has 8 nitrogen and oxygen atoms in total. The van der Waals surface area contributed by atoms with E-state index in [1.54, 1.807) is 19.1 Å². The first kappa shape index (κ1) is 25.9.